The molecule has 2 rings (SSSR count). The van der Waals surface area contributed by atoms with Gasteiger partial charge in [0.05, 0.1) is 5.56 Å². The molecular formula is C18H20N2O3S. The zero-order chi connectivity index (χ0) is 17.7. The van der Waals surface area contributed by atoms with Crippen LogP contribution in [0.4, 0.5) is 5.69 Å². The standard InChI is InChI=1S/C18H20N2O3S/c1-11-7-8-12(2)15(10-11)20-16(21)13(3)23-18(22)14-6-5-9-19-17(14)24-4/h5-10,13H,1-4H3,(H,20,21). The van der Waals surface area contributed by atoms with Crippen LogP contribution in [0.3, 0.4) is 0 Å². The molecule has 1 atom stereocenters. The minimum atomic E-state index is -0.910. The van der Waals surface area contributed by atoms with E-state index in [0.29, 0.717) is 16.3 Å². The van der Waals surface area contributed by atoms with E-state index < -0.39 is 12.1 Å². The van der Waals surface area contributed by atoms with Crippen LogP contribution in [0.1, 0.15) is 28.4 Å². The summed E-state index contributed by atoms with van der Waals surface area (Å²) in [4.78, 5) is 28.7. The van der Waals surface area contributed by atoms with Crippen LogP contribution in [0.5, 0.6) is 0 Å². The lowest BCUT2D eigenvalue weighted by Gasteiger charge is -2.15. The van der Waals surface area contributed by atoms with Crippen molar-refractivity contribution in [3.63, 3.8) is 0 Å². The van der Waals surface area contributed by atoms with Crippen molar-refractivity contribution >= 4 is 29.3 Å². The lowest BCUT2D eigenvalue weighted by molar-refractivity contribution is -0.123. The summed E-state index contributed by atoms with van der Waals surface area (Å²) < 4.78 is 5.28. The van der Waals surface area contributed by atoms with Crippen molar-refractivity contribution in [1.29, 1.82) is 0 Å². The van der Waals surface area contributed by atoms with Crippen LogP contribution < -0.4 is 5.32 Å². The molecule has 6 heteroatoms. The van der Waals surface area contributed by atoms with Gasteiger partial charge >= 0.3 is 5.97 Å². The van der Waals surface area contributed by atoms with Gasteiger partial charge in [0.15, 0.2) is 6.10 Å². The smallest absolute Gasteiger partial charge is 0.341 e. The molecule has 1 N–H and O–H groups in total. The van der Waals surface area contributed by atoms with Crippen molar-refractivity contribution in [1.82, 2.24) is 4.98 Å². The number of ether oxygens (including phenoxy) is 1. The molecule has 0 aliphatic rings. The number of carbonyl (C=O) groups is 2. The number of anilines is 1. The molecule has 0 aliphatic heterocycles. The van der Waals surface area contributed by atoms with Crippen molar-refractivity contribution in [3.8, 4) is 0 Å². The number of esters is 1. The second-order valence-electron chi connectivity index (χ2n) is 5.42. The van der Waals surface area contributed by atoms with Crippen molar-refractivity contribution in [2.24, 2.45) is 0 Å². The summed E-state index contributed by atoms with van der Waals surface area (Å²) in [5, 5.41) is 3.37. The highest BCUT2D eigenvalue weighted by atomic mass is 32.2. The summed E-state index contributed by atoms with van der Waals surface area (Å²) in [5.74, 6) is -0.928. The van der Waals surface area contributed by atoms with Gasteiger partial charge in [0.1, 0.15) is 5.03 Å². The van der Waals surface area contributed by atoms with E-state index in [1.165, 1.54) is 11.8 Å². The Labute approximate surface area is 145 Å². The fraction of sp³-hybridized carbons (Fsp3) is 0.278. The van der Waals surface area contributed by atoms with Gasteiger partial charge in [-0.15, -0.1) is 11.8 Å². The summed E-state index contributed by atoms with van der Waals surface area (Å²) in [6.45, 7) is 5.41. The minimum Gasteiger partial charge on any atom is -0.449 e. The second kappa shape index (κ2) is 7.97. The number of aryl methyl sites for hydroxylation is 2. The molecule has 0 fully saturated rings. The Kier molecular flexibility index (Phi) is 5.98. The van der Waals surface area contributed by atoms with Gasteiger partial charge in [-0.3, -0.25) is 4.79 Å². The minimum absolute atomic E-state index is 0.358. The van der Waals surface area contributed by atoms with Crippen LogP contribution in [0, 0.1) is 13.8 Å². The van der Waals surface area contributed by atoms with Gasteiger partial charge in [0.25, 0.3) is 5.91 Å². The van der Waals surface area contributed by atoms with Gasteiger partial charge in [0, 0.05) is 11.9 Å². The third kappa shape index (κ3) is 4.35. The highest BCUT2D eigenvalue weighted by molar-refractivity contribution is 7.98. The first-order chi connectivity index (χ1) is 11.4. The molecule has 126 valence electrons. The molecule has 0 bridgehead atoms. The normalized spacial score (nSPS) is 11.7. The van der Waals surface area contributed by atoms with E-state index >= 15 is 0 Å². The van der Waals surface area contributed by atoms with Gasteiger partial charge < -0.3 is 10.1 Å². The number of aromatic nitrogens is 1. The number of hydrogen-bond donors (Lipinski definition) is 1. The number of pyridine rings is 1. The molecule has 2 aromatic rings. The van der Waals surface area contributed by atoms with Crippen LogP contribution in [0.2, 0.25) is 0 Å². The predicted molar refractivity (Wildman–Crippen MR) is 95.4 cm³/mol. The molecule has 1 aromatic heterocycles. The first kappa shape index (κ1) is 18.0. The number of nitrogens with one attached hydrogen (secondary N) is 1. The molecule has 0 aliphatic carbocycles. The van der Waals surface area contributed by atoms with E-state index in [1.54, 1.807) is 25.3 Å². The molecular weight excluding hydrogens is 324 g/mol. The van der Waals surface area contributed by atoms with Gasteiger partial charge in [-0.1, -0.05) is 12.1 Å². The summed E-state index contributed by atoms with van der Waals surface area (Å²) >= 11 is 1.35. The molecule has 1 unspecified atom stereocenters. The Bertz CT molecular complexity index is 762. The molecule has 1 amide bonds. The maximum Gasteiger partial charge on any atom is 0.341 e. The molecule has 24 heavy (non-hydrogen) atoms. The average Bonchev–Trinajstić information content (AvgIpc) is 2.57. The van der Waals surface area contributed by atoms with Crippen molar-refractivity contribution in [2.75, 3.05) is 11.6 Å². The first-order valence-electron chi connectivity index (χ1n) is 7.50. The average molecular weight is 344 g/mol. The van der Waals surface area contributed by atoms with Crippen molar-refractivity contribution in [2.45, 2.75) is 31.9 Å². The third-order valence-corrected chi connectivity index (χ3v) is 4.20. The lowest BCUT2D eigenvalue weighted by Crippen LogP contribution is -2.30. The topological polar surface area (TPSA) is 68.3 Å². The SMILES string of the molecule is CSc1ncccc1C(=O)OC(C)C(=O)Nc1cc(C)ccc1C. The van der Waals surface area contributed by atoms with Crippen LogP contribution in [-0.4, -0.2) is 29.2 Å². The largest absolute Gasteiger partial charge is 0.449 e. The van der Waals surface area contributed by atoms with E-state index in [2.05, 4.69) is 10.3 Å². The number of rotatable bonds is 5. The first-order valence-corrected chi connectivity index (χ1v) is 8.73. The fourth-order valence-corrected chi connectivity index (χ4v) is 2.63. The number of thioether (sulfide) groups is 1. The van der Waals surface area contributed by atoms with E-state index in [4.69, 9.17) is 4.74 Å². The molecule has 5 nitrogen and oxygen atoms in total. The highest BCUT2D eigenvalue weighted by Gasteiger charge is 2.21. The van der Waals surface area contributed by atoms with E-state index in [-0.39, 0.29) is 5.91 Å². The fourth-order valence-electron chi connectivity index (χ4n) is 2.09. The van der Waals surface area contributed by atoms with Gasteiger partial charge in [-0.25, -0.2) is 9.78 Å². The van der Waals surface area contributed by atoms with Crippen molar-refractivity contribution in [3.05, 3.63) is 53.2 Å². The van der Waals surface area contributed by atoms with Crippen LogP contribution in [0.25, 0.3) is 0 Å². The Morgan fingerprint density at radius 3 is 2.71 bits per heavy atom. The van der Waals surface area contributed by atoms with E-state index in [1.807, 2.05) is 38.3 Å². The van der Waals surface area contributed by atoms with E-state index in [0.717, 1.165) is 11.1 Å². The number of carbonyl (C=O) groups excluding carboxylic acids is 2. The van der Waals surface area contributed by atoms with Gasteiger partial charge in [0.2, 0.25) is 0 Å². The zero-order valence-electron chi connectivity index (χ0n) is 14.1. The van der Waals surface area contributed by atoms with Gasteiger partial charge in [-0.2, -0.15) is 0 Å². The Hall–Kier alpha value is -2.34. The summed E-state index contributed by atoms with van der Waals surface area (Å²) in [5.41, 5.74) is 3.07. The van der Waals surface area contributed by atoms with Crippen LogP contribution in [-0.2, 0) is 9.53 Å². The van der Waals surface area contributed by atoms with Crippen molar-refractivity contribution < 1.29 is 14.3 Å². The summed E-state index contributed by atoms with van der Waals surface area (Å²) in [6, 6.07) is 9.09. The maximum absolute atomic E-state index is 12.3. The number of hydrogen-bond acceptors (Lipinski definition) is 5. The van der Waals surface area contributed by atoms with Crippen LogP contribution in [0.15, 0.2) is 41.6 Å². The van der Waals surface area contributed by atoms with E-state index in [9.17, 15) is 9.59 Å². The van der Waals surface area contributed by atoms with Gasteiger partial charge in [-0.05, 0) is 56.4 Å². The lowest BCUT2D eigenvalue weighted by atomic mass is 10.1. The highest BCUT2D eigenvalue weighted by Crippen LogP contribution is 2.19. The molecule has 0 radical (unpaired) electrons. The zero-order valence-corrected chi connectivity index (χ0v) is 14.9. The maximum atomic E-state index is 12.3. The molecule has 0 spiro atoms. The monoisotopic (exact) mass is 344 g/mol. The molecule has 0 saturated carbocycles. The summed E-state index contributed by atoms with van der Waals surface area (Å²) in [7, 11) is 0. The Morgan fingerprint density at radius 2 is 2.00 bits per heavy atom. The Balaban J connectivity index is 2.06. The molecule has 1 heterocycles. The molecule has 0 saturated heterocycles. The molecule has 1 aromatic carbocycles. The number of benzene rings is 1. The Morgan fingerprint density at radius 1 is 1.25 bits per heavy atom. The predicted octanol–water partition coefficient (Wildman–Crippen LogP) is 3.60. The number of nitrogens with zero attached hydrogens (tertiary/aromatic N) is 1. The summed E-state index contributed by atoms with van der Waals surface area (Å²) in [6.07, 6.45) is 2.53. The number of amides is 1. The second-order valence-corrected chi connectivity index (χ2v) is 6.21. The quantitative estimate of drug-likeness (QED) is 0.663. The third-order valence-electron chi connectivity index (χ3n) is 3.49. The van der Waals surface area contributed by atoms with Crippen LogP contribution >= 0.6 is 11.8 Å².